The van der Waals surface area contributed by atoms with Crippen LogP contribution in [-0.2, 0) is 14.2 Å². The lowest BCUT2D eigenvalue weighted by molar-refractivity contribution is -0.0600. The molecule has 1 aliphatic heterocycles. The van der Waals surface area contributed by atoms with Crippen molar-refractivity contribution >= 4 is 34.5 Å². The summed E-state index contributed by atoms with van der Waals surface area (Å²) in [7, 11) is 0. The molecule has 1 aliphatic rings. The monoisotopic (exact) mass is 560 g/mol. The van der Waals surface area contributed by atoms with E-state index < -0.39 is 24.4 Å². The zero-order valence-electron chi connectivity index (χ0n) is 23.8. The molecule has 37 heavy (non-hydrogen) atoms. The molecule has 0 aliphatic carbocycles. The van der Waals surface area contributed by atoms with Gasteiger partial charge in [-0.1, -0.05) is 117 Å². The van der Waals surface area contributed by atoms with Crippen molar-refractivity contribution in [1.29, 1.82) is 0 Å². The number of rotatable bonds is 24. The standard InChI is InChI=1S/C30H56O5S2/c1-3-5-7-9-11-13-15-17-19-21-27(36)33-24-26(30-29(32)25(31)23-34-30)35-28(37)22-20-18-16-14-12-10-8-6-4-2/h25-26,29-32H,3-24H2,1-2H3/t25-,26+,29+,30+/m0/s1. The molecule has 1 rings (SSSR count). The predicted molar refractivity (Wildman–Crippen MR) is 161 cm³/mol. The van der Waals surface area contributed by atoms with Crippen molar-refractivity contribution in [3.05, 3.63) is 0 Å². The van der Waals surface area contributed by atoms with Gasteiger partial charge in [0.25, 0.3) is 0 Å². The molecule has 0 bridgehead atoms. The van der Waals surface area contributed by atoms with Crippen LogP contribution in [0, 0.1) is 0 Å². The van der Waals surface area contributed by atoms with Crippen LogP contribution in [-0.4, -0.2) is 57.9 Å². The first-order chi connectivity index (χ1) is 18.0. The van der Waals surface area contributed by atoms with E-state index in [-0.39, 0.29) is 13.2 Å². The maximum absolute atomic E-state index is 10.4. The summed E-state index contributed by atoms with van der Waals surface area (Å²) in [6.07, 6.45) is 20.9. The molecule has 0 aromatic carbocycles. The summed E-state index contributed by atoms with van der Waals surface area (Å²) >= 11 is 10.9. The fourth-order valence-corrected chi connectivity index (χ4v) is 5.26. The van der Waals surface area contributed by atoms with Crippen LogP contribution < -0.4 is 0 Å². The topological polar surface area (TPSA) is 68.2 Å². The van der Waals surface area contributed by atoms with Crippen LogP contribution in [0.2, 0.25) is 0 Å². The van der Waals surface area contributed by atoms with Gasteiger partial charge in [-0.05, 0) is 37.3 Å². The third kappa shape index (κ3) is 17.8. The van der Waals surface area contributed by atoms with Gasteiger partial charge in [0.1, 0.15) is 24.9 Å². The van der Waals surface area contributed by atoms with E-state index in [0.29, 0.717) is 16.5 Å². The smallest absolute Gasteiger partial charge is 0.162 e. The normalized spacial score (nSPS) is 20.2. The highest BCUT2D eigenvalue weighted by Crippen LogP contribution is 2.22. The van der Waals surface area contributed by atoms with Crippen LogP contribution in [0.3, 0.4) is 0 Å². The van der Waals surface area contributed by atoms with Crippen molar-refractivity contribution in [2.24, 2.45) is 0 Å². The Bertz CT molecular complexity index is 574. The molecular weight excluding hydrogens is 504 g/mol. The molecule has 218 valence electrons. The summed E-state index contributed by atoms with van der Waals surface area (Å²) in [6.45, 7) is 4.75. The molecule has 4 atom stereocenters. The second-order valence-corrected chi connectivity index (χ2v) is 11.6. The molecule has 0 saturated carbocycles. The van der Waals surface area contributed by atoms with Crippen LogP contribution in [0.5, 0.6) is 0 Å². The molecule has 7 heteroatoms. The van der Waals surface area contributed by atoms with Gasteiger partial charge in [-0.15, -0.1) is 0 Å². The SMILES string of the molecule is CCCCCCCCCCCC(=S)OC[C@@H](OC(=S)CCCCCCCCCCC)[C@H]1OC[C@H](O)[C@H]1O. The number of hydrogen-bond donors (Lipinski definition) is 2. The van der Waals surface area contributed by atoms with Gasteiger partial charge in [0.2, 0.25) is 0 Å². The fourth-order valence-electron chi connectivity index (χ4n) is 4.78. The second-order valence-electron chi connectivity index (χ2n) is 10.7. The van der Waals surface area contributed by atoms with Crippen LogP contribution in [0.15, 0.2) is 0 Å². The number of unbranched alkanes of at least 4 members (excludes halogenated alkanes) is 16. The highest BCUT2D eigenvalue weighted by Gasteiger charge is 2.41. The van der Waals surface area contributed by atoms with Gasteiger partial charge in [0.05, 0.1) is 6.61 Å². The molecule has 0 aromatic rings. The number of ether oxygens (including phenoxy) is 3. The summed E-state index contributed by atoms with van der Waals surface area (Å²) in [5, 5.41) is 21.4. The molecule has 0 amide bonds. The molecule has 0 aromatic heterocycles. The van der Waals surface area contributed by atoms with E-state index in [1.807, 2.05) is 0 Å². The van der Waals surface area contributed by atoms with E-state index in [2.05, 4.69) is 13.8 Å². The summed E-state index contributed by atoms with van der Waals surface area (Å²) < 4.78 is 17.5. The lowest BCUT2D eigenvalue weighted by atomic mass is 10.1. The number of aliphatic hydroxyl groups excluding tert-OH is 2. The molecule has 0 unspecified atom stereocenters. The van der Waals surface area contributed by atoms with Crippen molar-refractivity contribution < 1.29 is 24.4 Å². The van der Waals surface area contributed by atoms with Crippen molar-refractivity contribution in [2.45, 2.75) is 167 Å². The van der Waals surface area contributed by atoms with Crippen molar-refractivity contribution in [1.82, 2.24) is 0 Å². The predicted octanol–water partition coefficient (Wildman–Crippen LogP) is 8.01. The molecule has 0 radical (unpaired) electrons. The van der Waals surface area contributed by atoms with Crippen molar-refractivity contribution in [3.8, 4) is 0 Å². The van der Waals surface area contributed by atoms with E-state index >= 15 is 0 Å². The van der Waals surface area contributed by atoms with Gasteiger partial charge in [-0.25, -0.2) is 0 Å². The molecule has 0 spiro atoms. The minimum absolute atomic E-state index is 0.0829. The number of aliphatic hydroxyl groups is 2. The first kappa shape index (κ1) is 34.7. The zero-order valence-corrected chi connectivity index (χ0v) is 25.4. The van der Waals surface area contributed by atoms with Gasteiger partial charge < -0.3 is 24.4 Å². The minimum Gasteiger partial charge on any atom is -0.483 e. The van der Waals surface area contributed by atoms with Gasteiger partial charge in [0, 0.05) is 12.8 Å². The minimum atomic E-state index is -1.02. The Balaban J connectivity index is 2.27. The lowest BCUT2D eigenvalue weighted by Gasteiger charge is -2.27. The number of thiocarbonyl (C=S) groups is 2. The first-order valence-corrected chi connectivity index (χ1v) is 16.1. The molecule has 2 N–H and O–H groups in total. The average Bonchev–Trinajstić information content (AvgIpc) is 3.22. The second kappa shape index (κ2) is 23.5. The Morgan fingerprint density at radius 3 is 1.57 bits per heavy atom. The molecule has 1 fully saturated rings. The molecule has 1 heterocycles. The summed E-state index contributed by atoms with van der Waals surface area (Å²) in [5.41, 5.74) is 0. The van der Waals surface area contributed by atoms with Crippen molar-refractivity contribution in [3.63, 3.8) is 0 Å². The fraction of sp³-hybridized carbons (Fsp3) is 0.933. The van der Waals surface area contributed by atoms with Crippen LogP contribution in [0.1, 0.15) is 142 Å². The van der Waals surface area contributed by atoms with Crippen LogP contribution in [0.25, 0.3) is 0 Å². The Morgan fingerprint density at radius 2 is 1.14 bits per heavy atom. The highest BCUT2D eigenvalue weighted by atomic mass is 32.1. The Kier molecular flexibility index (Phi) is 22.1. The van der Waals surface area contributed by atoms with Gasteiger partial charge >= 0.3 is 0 Å². The van der Waals surface area contributed by atoms with E-state index in [1.165, 1.54) is 89.9 Å². The molecule has 5 nitrogen and oxygen atoms in total. The van der Waals surface area contributed by atoms with Crippen LogP contribution in [0.4, 0.5) is 0 Å². The van der Waals surface area contributed by atoms with Gasteiger partial charge in [-0.3, -0.25) is 0 Å². The molecule has 1 saturated heterocycles. The summed E-state index contributed by atoms with van der Waals surface area (Å²) in [6, 6.07) is 0. The Morgan fingerprint density at radius 1 is 0.703 bits per heavy atom. The summed E-state index contributed by atoms with van der Waals surface area (Å²) in [4.78, 5) is 0. The molecular formula is C30H56O5S2. The first-order valence-electron chi connectivity index (χ1n) is 15.3. The third-order valence-corrected chi connectivity index (χ3v) is 7.84. The Hall–Kier alpha value is -0.340. The van der Waals surface area contributed by atoms with Crippen LogP contribution >= 0.6 is 24.4 Å². The lowest BCUT2D eigenvalue weighted by Crippen LogP contribution is -2.43. The summed E-state index contributed by atoms with van der Waals surface area (Å²) in [5.74, 6) is 0. The highest BCUT2D eigenvalue weighted by molar-refractivity contribution is 7.80. The van der Waals surface area contributed by atoms with E-state index in [1.54, 1.807) is 0 Å². The maximum atomic E-state index is 10.4. The van der Waals surface area contributed by atoms with Gasteiger partial charge in [0.15, 0.2) is 16.2 Å². The van der Waals surface area contributed by atoms with E-state index in [9.17, 15) is 10.2 Å². The number of hydrogen-bond acceptors (Lipinski definition) is 7. The quantitative estimate of drug-likeness (QED) is 0.0915. The maximum Gasteiger partial charge on any atom is 0.162 e. The zero-order chi connectivity index (χ0) is 27.1. The Labute approximate surface area is 238 Å². The third-order valence-electron chi connectivity index (χ3n) is 7.22. The van der Waals surface area contributed by atoms with Gasteiger partial charge in [-0.2, -0.15) is 0 Å². The van der Waals surface area contributed by atoms with E-state index in [0.717, 1.165) is 32.1 Å². The van der Waals surface area contributed by atoms with Crippen molar-refractivity contribution in [2.75, 3.05) is 13.2 Å². The average molecular weight is 561 g/mol. The van der Waals surface area contributed by atoms with E-state index in [4.69, 9.17) is 38.6 Å². The largest absolute Gasteiger partial charge is 0.483 e.